The molecule has 6 atom stereocenters. The van der Waals surface area contributed by atoms with Crippen LogP contribution in [0.2, 0.25) is 0 Å². The first-order valence-corrected chi connectivity index (χ1v) is 8.18. The number of piperidine rings is 1. The molecule has 4 nitrogen and oxygen atoms in total. The van der Waals surface area contributed by atoms with Crippen LogP contribution in [0.15, 0.2) is 0 Å². The molecule has 4 rings (SSSR count). The lowest BCUT2D eigenvalue weighted by Crippen LogP contribution is -2.69. The zero-order chi connectivity index (χ0) is 14.1. The fraction of sp³-hybridized carbons (Fsp3) is 0.938. The molecule has 4 fully saturated rings. The Morgan fingerprint density at radius 2 is 1.90 bits per heavy atom. The Kier molecular flexibility index (Phi) is 2.68. The van der Waals surface area contributed by atoms with Crippen molar-refractivity contribution in [3.05, 3.63) is 0 Å². The van der Waals surface area contributed by atoms with E-state index in [1.807, 2.05) is 6.92 Å². The topological polar surface area (TPSA) is 60.8 Å². The van der Waals surface area contributed by atoms with E-state index in [0.717, 1.165) is 38.8 Å². The number of carbonyl (C=O) groups is 1. The molecule has 0 unspecified atom stereocenters. The van der Waals surface area contributed by atoms with Crippen LogP contribution in [0, 0.1) is 17.3 Å². The minimum Gasteiger partial charge on any atom is -0.393 e. The van der Waals surface area contributed by atoms with Crippen LogP contribution >= 0.6 is 0 Å². The zero-order valence-corrected chi connectivity index (χ0v) is 12.2. The maximum Gasteiger partial charge on any atom is 0.154 e. The van der Waals surface area contributed by atoms with Crippen molar-refractivity contribution < 1.29 is 15.0 Å². The number of nitrogens with zero attached hydrogens (tertiary/aromatic N) is 1. The summed E-state index contributed by atoms with van der Waals surface area (Å²) in [5, 5.41) is 21.6. The second-order valence-electron chi connectivity index (χ2n) is 7.55. The summed E-state index contributed by atoms with van der Waals surface area (Å²) in [5.41, 5.74) is -0.818. The predicted octanol–water partition coefficient (Wildman–Crippen LogP) is 0.952. The van der Waals surface area contributed by atoms with Gasteiger partial charge in [-0.15, -0.1) is 0 Å². The maximum atomic E-state index is 12.9. The molecule has 2 spiro atoms. The van der Waals surface area contributed by atoms with Crippen LogP contribution in [0.3, 0.4) is 0 Å². The molecule has 2 aliphatic heterocycles. The first kappa shape index (κ1) is 13.2. The van der Waals surface area contributed by atoms with Crippen LogP contribution in [0.25, 0.3) is 0 Å². The highest BCUT2D eigenvalue weighted by molar-refractivity contribution is 5.93. The lowest BCUT2D eigenvalue weighted by molar-refractivity contribution is -0.186. The summed E-state index contributed by atoms with van der Waals surface area (Å²) in [7, 11) is 0. The molecule has 0 aromatic rings. The highest BCUT2D eigenvalue weighted by atomic mass is 16.3. The number of rotatable bonds is 0. The highest BCUT2D eigenvalue weighted by Gasteiger charge is 2.74. The number of aliphatic hydroxyl groups is 2. The maximum absolute atomic E-state index is 12.9. The fourth-order valence-electron chi connectivity index (χ4n) is 6.31. The Bertz CT molecular complexity index is 453. The molecule has 2 heterocycles. The Morgan fingerprint density at radius 1 is 1.20 bits per heavy atom. The summed E-state index contributed by atoms with van der Waals surface area (Å²) in [4.78, 5) is 15.3. The van der Waals surface area contributed by atoms with E-state index in [1.165, 1.54) is 0 Å². The van der Waals surface area contributed by atoms with E-state index in [2.05, 4.69) is 4.90 Å². The molecule has 0 radical (unpaired) electrons. The van der Waals surface area contributed by atoms with Crippen LogP contribution in [0.1, 0.15) is 45.4 Å². The first-order chi connectivity index (χ1) is 9.54. The van der Waals surface area contributed by atoms with Crippen molar-refractivity contribution in [2.24, 2.45) is 17.3 Å². The van der Waals surface area contributed by atoms with Crippen LogP contribution in [-0.2, 0) is 4.79 Å². The van der Waals surface area contributed by atoms with Crippen molar-refractivity contribution in [3.63, 3.8) is 0 Å². The number of hydrogen-bond donors (Lipinski definition) is 2. The average Bonchev–Trinajstić information content (AvgIpc) is 2.96. The third-order valence-corrected chi connectivity index (χ3v) is 7.01. The minimum atomic E-state index is -0.448. The van der Waals surface area contributed by atoms with Gasteiger partial charge < -0.3 is 10.2 Å². The quantitative estimate of drug-likeness (QED) is 0.693. The van der Waals surface area contributed by atoms with Crippen LogP contribution < -0.4 is 0 Å². The van der Waals surface area contributed by atoms with E-state index in [9.17, 15) is 15.0 Å². The first-order valence-electron chi connectivity index (χ1n) is 8.18. The average molecular weight is 279 g/mol. The Morgan fingerprint density at radius 3 is 2.65 bits per heavy atom. The standard InChI is InChI=1S/C16H25NO3/c1-10-8-12(18)15-4-2-6-17-7-3-5-16(15,17)13(19)9-11(15)14(10)20/h10-12,14,18,20H,2-9H2,1H3/t10-,11+,12-,14-,15+,16-/m0/s1. The van der Waals surface area contributed by atoms with Crippen molar-refractivity contribution in [3.8, 4) is 0 Å². The van der Waals surface area contributed by atoms with E-state index in [0.29, 0.717) is 18.6 Å². The van der Waals surface area contributed by atoms with E-state index in [-0.39, 0.29) is 17.3 Å². The third-order valence-electron chi connectivity index (χ3n) is 7.01. The Balaban J connectivity index is 1.88. The van der Waals surface area contributed by atoms with Crippen molar-refractivity contribution >= 4 is 5.78 Å². The molecule has 112 valence electrons. The molecule has 2 N–H and O–H groups in total. The van der Waals surface area contributed by atoms with Crippen molar-refractivity contribution in [1.29, 1.82) is 0 Å². The monoisotopic (exact) mass is 279 g/mol. The summed E-state index contributed by atoms with van der Waals surface area (Å²) >= 11 is 0. The second-order valence-corrected chi connectivity index (χ2v) is 7.55. The highest BCUT2D eigenvalue weighted by Crippen LogP contribution is 2.65. The fourth-order valence-corrected chi connectivity index (χ4v) is 6.31. The molecule has 0 aromatic heterocycles. The lowest BCUT2D eigenvalue weighted by atomic mass is 9.52. The van der Waals surface area contributed by atoms with E-state index < -0.39 is 17.7 Å². The van der Waals surface area contributed by atoms with E-state index in [4.69, 9.17) is 0 Å². The predicted molar refractivity (Wildman–Crippen MR) is 74.1 cm³/mol. The number of Topliss-reactive ketones (excluding diaryl/α,β-unsaturated/α-hetero) is 1. The number of carbonyl (C=O) groups excluding carboxylic acids is 1. The minimum absolute atomic E-state index is 0.0327. The van der Waals surface area contributed by atoms with Crippen molar-refractivity contribution in [1.82, 2.24) is 4.90 Å². The summed E-state index contributed by atoms with van der Waals surface area (Å²) in [6.45, 7) is 3.97. The molecule has 4 aliphatic rings. The lowest BCUT2D eigenvalue weighted by Gasteiger charge is -2.59. The zero-order valence-electron chi connectivity index (χ0n) is 12.2. The van der Waals surface area contributed by atoms with Crippen LogP contribution in [0.5, 0.6) is 0 Å². The van der Waals surface area contributed by atoms with Gasteiger partial charge in [0, 0.05) is 17.8 Å². The summed E-state index contributed by atoms with van der Waals surface area (Å²) in [6, 6.07) is 0. The van der Waals surface area contributed by atoms with Gasteiger partial charge in [0.25, 0.3) is 0 Å². The molecule has 0 amide bonds. The molecule has 2 saturated heterocycles. The van der Waals surface area contributed by atoms with Crippen molar-refractivity contribution in [2.45, 2.75) is 63.2 Å². The van der Waals surface area contributed by atoms with Gasteiger partial charge in [-0.1, -0.05) is 6.92 Å². The van der Waals surface area contributed by atoms with Gasteiger partial charge in [-0.05, 0) is 51.1 Å². The van der Waals surface area contributed by atoms with Crippen LogP contribution in [0.4, 0.5) is 0 Å². The SMILES string of the molecule is C[C@H]1C[C@H](O)[C@]23CCCN4CCC[C@@]42C(=O)C[C@@H]3[C@H]1O. The van der Waals surface area contributed by atoms with Gasteiger partial charge in [-0.25, -0.2) is 0 Å². The summed E-state index contributed by atoms with van der Waals surface area (Å²) in [5.74, 6) is 0.363. The molecular weight excluding hydrogens is 254 g/mol. The van der Waals surface area contributed by atoms with E-state index in [1.54, 1.807) is 0 Å². The molecule has 2 aliphatic carbocycles. The second kappa shape index (κ2) is 4.05. The van der Waals surface area contributed by atoms with Gasteiger partial charge in [-0.2, -0.15) is 0 Å². The smallest absolute Gasteiger partial charge is 0.154 e. The largest absolute Gasteiger partial charge is 0.393 e. The molecule has 0 bridgehead atoms. The molecule has 2 saturated carbocycles. The van der Waals surface area contributed by atoms with Crippen LogP contribution in [-0.4, -0.2) is 51.7 Å². The van der Waals surface area contributed by atoms with Crippen molar-refractivity contribution in [2.75, 3.05) is 13.1 Å². The number of aliphatic hydroxyl groups excluding tert-OH is 2. The van der Waals surface area contributed by atoms with E-state index >= 15 is 0 Å². The van der Waals surface area contributed by atoms with Gasteiger partial charge in [-0.3, -0.25) is 9.69 Å². The Labute approximate surface area is 120 Å². The van der Waals surface area contributed by atoms with Gasteiger partial charge >= 0.3 is 0 Å². The molecular formula is C16H25NO3. The van der Waals surface area contributed by atoms with Gasteiger partial charge in [0.2, 0.25) is 0 Å². The number of hydrogen-bond acceptors (Lipinski definition) is 4. The Hall–Kier alpha value is -0.450. The molecule has 20 heavy (non-hydrogen) atoms. The summed E-state index contributed by atoms with van der Waals surface area (Å²) < 4.78 is 0. The normalized spacial score (nSPS) is 55.5. The molecule has 0 aromatic carbocycles. The van der Waals surface area contributed by atoms with Gasteiger partial charge in [0.05, 0.1) is 17.7 Å². The van der Waals surface area contributed by atoms with Gasteiger partial charge in [0.1, 0.15) is 0 Å². The third kappa shape index (κ3) is 1.23. The summed E-state index contributed by atoms with van der Waals surface area (Å²) in [6.07, 6.45) is 4.15. The van der Waals surface area contributed by atoms with Gasteiger partial charge in [0.15, 0.2) is 5.78 Å². The number of ketones is 1. The molecule has 4 heteroatoms.